The topological polar surface area (TPSA) is 21.3 Å². The lowest BCUT2D eigenvalue weighted by atomic mass is 10.1. The predicted octanol–water partition coefficient (Wildman–Crippen LogP) is 4.32. The highest BCUT2D eigenvalue weighted by atomic mass is 16.5. The van der Waals surface area contributed by atoms with Crippen LogP contribution in [0, 0.1) is 5.92 Å². The number of hydrogen-bond acceptors (Lipinski definition) is 2. The van der Waals surface area contributed by atoms with Crippen molar-refractivity contribution in [1.82, 2.24) is 0 Å². The van der Waals surface area contributed by atoms with E-state index in [9.17, 15) is 0 Å². The molecule has 0 fully saturated rings. The summed E-state index contributed by atoms with van der Waals surface area (Å²) in [5, 5.41) is 3.55. The average molecular weight is 235 g/mol. The summed E-state index contributed by atoms with van der Waals surface area (Å²) in [5.41, 5.74) is 1.11. The van der Waals surface area contributed by atoms with Crippen LogP contribution >= 0.6 is 0 Å². The van der Waals surface area contributed by atoms with E-state index >= 15 is 0 Å². The standard InChI is InChI=1S/C15H25NO/c1-5-13(6-2)16-14-9-7-8-10-15(14)17-11-12(3)4/h7-10,12-13,16H,5-6,11H2,1-4H3. The first kappa shape index (κ1) is 13.9. The molecule has 0 unspecified atom stereocenters. The number of nitrogens with one attached hydrogen (secondary N) is 1. The molecule has 2 nitrogen and oxygen atoms in total. The Hall–Kier alpha value is -1.18. The van der Waals surface area contributed by atoms with Crippen molar-refractivity contribution in [3.63, 3.8) is 0 Å². The molecule has 0 aliphatic carbocycles. The van der Waals surface area contributed by atoms with E-state index in [1.54, 1.807) is 0 Å². The Kier molecular flexibility index (Phi) is 5.88. The van der Waals surface area contributed by atoms with Crippen LogP contribution in [0.3, 0.4) is 0 Å². The molecule has 0 heterocycles. The van der Waals surface area contributed by atoms with E-state index in [4.69, 9.17) is 4.74 Å². The summed E-state index contributed by atoms with van der Waals surface area (Å²) in [4.78, 5) is 0. The first-order valence-corrected chi connectivity index (χ1v) is 6.65. The highest BCUT2D eigenvalue weighted by molar-refractivity contribution is 5.56. The van der Waals surface area contributed by atoms with Gasteiger partial charge in [0.2, 0.25) is 0 Å². The summed E-state index contributed by atoms with van der Waals surface area (Å²) in [6.45, 7) is 9.51. The van der Waals surface area contributed by atoms with Crippen molar-refractivity contribution in [1.29, 1.82) is 0 Å². The first-order valence-electron chi connectivity index (χ1n) is 6.65. The largest absolute Gasteiger partial charge is 0.491 e. The van der Waals surface area contributed by atoms with Gasteiger partial charge in [0.25, 0.3) is 0 Å². The first-order chi connectivity index (χ1) is 8.17. The molecule has 1 aromatic carbocycles. The third kappa shape index (κ3) is 4.68. The van der Waals surface area contributed by atoms with Gasteiger partial charge in [-0.1, -0.05) is 39.8 Å². The van der Waals surface area contributed by atoms with E-state index in [0.717, 1.165) is 30.9 Å². The van der Waals surface area contributed by atoms with Gasteiger partial charge in [-0.3, -0.25) is 0 Å². The number of rotatable bonds is 7. The van der Waals surface area contributed by atoms with Crippen molar-refractivity contribution in [3.8, 4) is 5.75 Å². The third-order valence-electron chi connectivity index (χ3n) is 2.80. The molecule has 0 bridgehead atoms. The van der Waals surface area contributed by atoms with Gasteiger partial charge in [-0.05, 0) is 30.9 Å². The predicted molar refractivity (Wildman–Crippen MR) is 74.8 cm³/mol. The minimum absolute atomic E-state index is 0.527. The van der Waals surface area contributed by atoms with Crippen LogP contribution in [-0.4, -0.2) is 12.6 Å². The fraction of sp³-hybridized carbons (Fsp3) is 0.600. The maximum atomic E-state index is 5.83. The number of anilines is 1. The summed E-state index contributed by atoms with van der Waals surface area (Å²) < 4.78 is 5.83. The quantitative estimate of drug-likeness (QED) is 0.760. The van der Waals surface area contributed by atoms with Crippen molar-refractivity contribution in [2.24, 2.45) is 5.92 Å². The Morgan fingerprint density at radius 1 is 1.12 bits per heavy atom. The second-order valence-electron chi connectivity index (χ2n) is 4.86. The van der Waals surface area contributed by atoms with Gasteiger partial charge in [-0.15, -0.1) is 0 Å². The third-order valence-corrected chi connectivity index (χ3v) is 2.80. The highest BCUT2D eigenvalue weighted by Crippen LogP contribution is 2.25. The van der Waals surface area contributed by atoms with Gasteiger partial charge in [-0.2, -0.15) is 0 Å². The van der Waals surface area contributed by atoms with E-state index in [1.807, 2.05) is 18.2 Å². The monoisotopic (exact) mass is 235 g/mol. The fourth-order valence-electron chi connectivity index (χ4n) is 1.68. The van der Waals surface area contributed by atoms with Gasteiger partial charge in [0.1, 0.15) is 5.75 Å². The summed E-state index contributed by atoms with van der Waals surface area (Å²) in [6, 6.07) is 8.72. The molecule has 0 amide bonds. The Labute approximate surface area is 105 Å². The molecular weight excluding hydrogens is 210 g/mol. The van der Waals surface area contributed by atoms with Crippen LogP contribution in [0.15, 0.2) is 24.3 Å². The molecule has 0 saturated carbocycles. The van der Waals surface area contributed by atoms with Crippen LogP contribution in [0.1, 0.15) is 40.5 Å². The lowest BCUT2D eigenvalue weighted by Gasteiger charge is -2.19. The molecule has 0 aliphatic heterocycles. The van der Waals surface area contributed by atoms with Crippen molar-refractivity contribution in [2.75, 3.05) is 11.9 Å². The smallest absolute Gasteiger partial charge is 0.142 e. The van der Waals surface area contributed by atoms with Crippen LogP contribution in [0.5, 0.6) is 5.75 Å². The average Bonchev–Trinajstić information content (AvgIpc) is 2.34. The highest BCUT2D eigenvalue weighted by Gasteiger charge is 2.08. The van der Waals surface area contributed by atoms with Crippen LogP contribution in [0.25, 0.3) is 0 Å². The van der Waals surface area contributed by atoms with Crippen LogP contribution < -0.4 is 10.1 Å². The van der Waals surface area contributed by atoms with Gasteiger partial charge in [-0.25, -0.2) is 0 Å². The minimum Gasteiger partial charge on any atom is -0.491 e. The van der Waals surface area contributed by atoms with Crippen molar-refractivity contribution in [3.05, 3.63) is 24.3 Å². The Morgan fingerprint density at radius 3 is 2.35 bits per heavy atom. The molecule has 2 heteroatoms. The number of para-hydroxylation sites is 2. The van der Waals surface area contributed by atoms with Gasteiger partial charge in [0, 0.05) is 6.04 Å². The molecule has 96 valence electrons. The van der Waals surface area contributed by atoms with E-state index in [-0.39, 0.29) is 0 Å². The second-order valence-corrected chi connectivity index (χ2v) is 4.86. The van der Waals surface area contributed by atoms with Gasteiger partial charge in [0.05, 0.1) is 12.3 Å². The van der Waals surface area contributed by atoms with E-state index in [0.29, 0.717) is 12.0 Å². The fourth-order valence-corrected chi connectivity index (χ4v) is 1.68. The lowest BCUT2D eigenvalue weighted by molar-refractivity contribution is 0.272. The Bertz CT molecular complexity index is 318. The lowest BCUT2D eigenvalue weighted by Crippen LogP contribution is -2.18. The number of ether oxygens (including phenoxy) is 1. The Morgan fingerprint density at radius 2 is 1.76 bits per heavy atom. The van der Waals surface area contributed by atoms with Crippen LogP contribution in [0.4, 0.5) is 5.69 Å². The zero-order valence-electron chi connectivity index (χ0n) is 11.5. The summed E-state index contributed by atoms with van der Waals surface area (Å²) in [5.74, 6) is 1.52. The molecule has 1 rings (SSSR count). The Balaban J connectivity index is 2.69. The molecular formula is C15H25NO. The van der Waals surface area contributed by atoms with E-state index in [2.05, 4.69) is 39.1 Å². The number of hydrogen-bond donors (Lipinski definition) is 1. The maximum absolute atomic E-state index is 5.83. The molecule has 0 aromatic heterocycles. The normalized spacial score (nSPS) is 10.9. The van der Waals surface area contributed by atoms with E-state index in [1.165, 1.54) is 0 Å². The van der Waals surface area contributed by atoms with Gasteiger partial charge < -0.3 is 10.1 Å². The molecule has 0 aliphatic rings. The maximum Gasteiger partial charge on any atom is 0.142 e. The molecule has 0 radical (unpaired) electrons. The van der Waals surface area contributed by atoms with E-state index < -0.39 is 0 Å². The van der Waals surface area contributed by atoms with Crippen molar-refractivity contribution >= 4 is 5.69 Å². The molecule has 0 atom stereocenters. The van der Waals surface area contributed by atoms with Crippen LogP contribution in [0.2, 0.25) is 0 Å². The van der Waals surface area contributed by atoms with Crippen LogP contribution in [-0.2, 0) is 0 Å². The second kappa shape index (κ2) is 7.21. The SMILES string of the molecule is CCC(CC)Nc1ccccc1OCC(C)C. The zero-order valence-corrected chi connectivity index (χ0v) is 11.5. The minimum atomic E-state index is 0.527. The summed E-state index contributed by atoms with van der Waals surface area (Å²) in [6.07, 6.45) is 2.27. The van der Waals surface area contributed by atoms with Gasteiger partial charge >= 0.3 is 0 Å². The molecule has 0 spiro atoms. The molecule has 1 N–H and O–H groups in total. The summed E-state index contributed by atoms with van der Waals surface area (Å²) in [7, 11) is 0. The molecule has 0 saturated heterocycles. The summed E-state index contributed by atoms with van der Waals surface area (Å²) >= 11 is 0. The van der Waals surface area contributed by atoms with Gasteiger partial charge in [0.15, 0.2) is 0 Å². The number of benzene rings is 1. The van der Waals surface area contributed by atoms with Crippen molar-refractivity contribution in [2.45, 2.75) is 46.6 Å². The molecule has 1 aromatic rings. The molecule has 17 heavy (non-hydrogen) atoms. The zero-order chi connectivity index (χ0) is 12.7. The van der Waals surface area contributed by atoms with Crippen molar-refractivity contribution < 1.29 is 4.74 Å².